The summed E-state index contributed by atoms with van der Waals surface area (Å²) in [6, 6.07) is 15.1. The molecule has 1 unspecified atom stereocenters. The van der Waals surface area contributed by atoms with E-state index in [0.717, 1.165) is 37.7 Å². The minimum atomic E-state index is -1.13. The highest BCUT2D eigenvalue weighted by Gasteiger charge is 2.40. The molecule has 1 fully saturated rings. The minimum absolute atomic E-state index is 0.0279. The van der Waals surface area contributed by atoms with E-state index in [4.69, 9.17) is 9.47 Å². The SMILES string of the molecule is CC(C)(C)OC(=O)CN1C(=O)C(NC(=O)OCc2ccccc2)CN(C(=O)C2CCCCC2)c2ccccc21. The summed E-state index contributed by atoms with van der Waals surface area (Å²) in [5.41, 5.74) is 0.993. The van der Waals surface area contributed by atoms with Crippen LogP contribution in [0.2, 0.25) is 0 Å². The van der Waals surface area contributed by atoms with Crippen LogP contribution in [0.5, 0.6) is 0 Å². The Bertz CT molecular complexity index is 1190. The van der Waals surface area contributed by atoms with Crippen molar-refractivity contribution < 1.29 is 28.7 Å². The molecule has 2 aromatic rings. The van der Waals surface area contributed by atoms with E-state index in [-0.39, 0.29) is 31.5 Å². The molecule has 0 saturated heterocycles. The number of ether oxygens (including phenoxy) is 2. The predicted octanol–water partition coefficient (Wildman–Crippen LogP) is 4.58. The summed E-state index contributed by atoms with van der Waals surface area (Å²) in [4.78, 5) is 56.2. The zero-order chi connectivity index (χ0) is 28.0. The molecule has 4 rings (SSSR count). The fourth-order valence-electron chi connectivity index (χ4n) is 5.05. The molecule has 2 aromatic carbocycles. The number of hydrogen-bond acceptors (Lipinski definition) is 6. The van der Waals surface area contributed by atoms with Crippen molar-refractivity contribution in [3.05, 3.63) is 60.2 Å². The minimum Gasteiger partial charge on any atom is -0.459 e. The first-order valence-corrected chi connectivity index (χ1v) is 13.5. The Kier molecular flexibility index (Phi) is 8.89. The van der Waals surface area contributed by atoms with Crippen LogP contribution in [-0.2, 0) is 30.5 Å². The Labute approximate surface area is 229 Å². The Morgan fingerprint density at radius 2 is 1.56 bits per heavy atom. The second kappa shape index (κ2) is 12.3. The van der Waals surface area contributed by atoms with Crippen LogP contribution in [0.15, 0.2) is 54.6 Å². The van der Waals surface area contributed by atoms with Crippen LogP contribution in [0.4, 0.5) is 16.2 Å². The molecule has 9 nitrogen and oxygen atoms in total. The summed E-state index contributed by atoms with van der Waals surface area (Å²) >= 11 is 0. The van der Waals surface area contributed by atoms with Gasteiger partial charge in [-0.05, 0) is 51.3 Å². The highest BCUT2D eigenvalue weighted by atomic mass is 16.6. The fraction of sp³-hybridized carbons (Fsp3) is 0.467. The standard InChI is InChI=1S/C30H37N3O6/c1-30(2,3)39-26(34)19-33-25-17-11-10-16-24(25)32(27(35)22-14-8-5-9-15-22)18-23(28(33)36)31-29(37)38-20-21-12-6-4-7-13-21/h4,6-7,10-13,16-17,22-23H,5,8-9,14-15,18-20H2,1-3H3,(H,31,37). The molecule has 3 amide bonds. The lowest BCUT2D eigenvalue weighted by atomic mass is 9.88. The number of nitrogens with one attached hydrogen (secondary N) is 1. The second-order valence-electron chi connectivity index (χ2n) is 11.0. The van der Waals surface area contributed by atoms with Crippen molar-refractivity contribution in [2.75, 3.05) is 22.9 Å². The topological polar surface area (TPSA) is 105 Å². The molecule has 2 aliphatic rings. The zero-order valence-corrected chi connectivity index (χ0v) is 22.9. The highest BCUT2D eigenvalue weighted by Crippen LogP contribution is 2.36. The molecule has 1 heterocycles. The lowest BCUT2D eigenvalue weighted by Gasteiger charge is -2.30. The van der Waals surface area contributed by atoms with Crippen molar-refractivity contribution in [3.63, 3.8) is 0 Å². The first-order chi connectivity index (χ1) is 18.6. The number of amides is 3. The van der Waals surface area contributed by atoms with Crippen LogP contribution >= 0.6 is 0 Å². The number of carbonyl (C=O) groups is 4. The van der Waals surface area contributed by atoms with Gasteiger partial charge in [-0.3, -0.25) is 19.3 Å². The van der Waals surface area contributed by atoms with Gasteiger partial charge < -0.3 is 19.7 Å². The van der Waals surface area contributed by atoms with E-state index in [2.05, 4.69) is 5.32 Å². The third-order valence-corrected chi connectivity index (χ3v) is 6.83. The summed E-state index contributed by atoms with van der Waals surface area (Å²) in [6.07, 6.45) is 3.83. The Morgan fingerprint density at radius 1 is 0.923 bits per heavy atom. The average molecular weight is 536 g/mol. The number of fused-ring (bicyclic) bond motifs is 1. The molecule has 0 radical (unpaired) electrons. The second-order valence-corrected chi connectivity index (χ2v) is 11.0. The van der Waals surface area contributed by atoms with E-state index in [1.165, 1.54) is 4.90 Å². The first-order valence-electron chi connectivity index (χ1n) is 13.5. The first kappa shape index (κ1) is 28.1. The lowest BCUT2D eigenvalue weighted by Crippen LogP contribution is -2.54. The molecule has 1 aliphatic carbocycles. The van der Waals surface area contributed by atoms with Crippen LogP contribution in [0, 0.1) is 5.92 Å². The van der Waals surface area contributed by atoms with Crippen molar-refractivity contribution in [1.29, 1.82) is 0 Å². The lowest BCUT2D eigenvalue weighted by molar-refractivity contribution is -0.153. The van der Waals surface area contributed by atoms with Crippen LogP contribution < -0.4 is 15.1 Å². The molecule has 1 saturated carbocycles. The summed E-state index contributed by atoms with van der Waals surface area (Å²) in [5.74, 6) is -1.37. The van der Waals surface area contributed by atoms with Crippen molar-refractivity contribution in [2.45, 2.75) is 71.1 Å². The van der Waals surface area contributed by atoms with Crippen molar-refractivity contribution >= 4 is 35.3 Å². The molecular weight excluding hydrogens is 498 g/mol. The van der Waals surface area contributed by atoms with Gasteiger partial charge in [0.25, 0.3) is 5.91 Å². The van der Waals surface area contributed by atoms with Crippen molar-refractivity contribution in [3.8, 4) is 0 Å². The molecule has 208 valence electrons. The van der Waals surface area contributed by atoms with Gasteiger partial charge in [-0.25, -0.2) is 4.79 Å². The van der Waals surface area contributed by atoms with Gasteiger partial charge in [-0.1, -0.05) is 61.7 Å². The molecule has 0 spiro atoms. The molecule has 39 heavy (non-hydrogen) atoms. The quantitative estimate of drug-likeness (QED) is 0.543. The number of nitrogens with zero attached hydrogens (tertiary/aromatic N) is 2. The predicted molar refractivity (Wildman–Crippen MR) is 147 cm³/mol. The maximum Gasteiger partial charge on any atom is 0.408 e. The monoisotopic (exact) mass is 535 g/mol. The summed E-state index contributed by atoms with van der Waals surface area (Å²) in [6.45, 7) is 4.84. The highest BCUT2D eigenvalue weighted by molar-refractivity contribution is 6.09. The van der Waals surface area contributed by atoms with Gasteiger partial charge in [-0.15, -0.1) is 0 Å². The Balaban J connectivity index is 1.63. The molecule has 1 atom stereocenters. The third-order valence-electron chi connectivity index (χ3n) is 6.83. The molecule has 0 aromatic heterocycles. The average Bonchev–Trinajstić information content (AvgIpc) is 3.02. The van der Waals surface area contributed by atoms with E-state index >= 15 is 0 Å². The van der Waals surface area contributed by atoms with Gasteiger partial charge >= 0.3 is 12.1 Å². The van der Waals surface area contributed by atoms with Crippen molar-refractivity contribution in [2.24, 2.45) is 5.92 Å². The number of hydrogen-bond donors (Lipinski definition) is 1. The fourth-order valence-corrected chi connectivity index (χ4v) is 5.05. The van der Waals surface area contributed by atoms with Gasteiger partial charge in [0, 0.05) is 5.92 Å². The number of benzene rings is 2. The van der Waals surface area contributed by atoms with Crippen LogP contribution in [-0.4, -0.2) is 48.6 Å². The number of esters is 1. The molecule has 1 N–H and O–H groups in total. The summed E-state index contributed by atoms with van der Waals surface area (Å²) in [5, 5.41) is 2.65. The molecule has 0 bridgehead atoms. The summed E-state index contributed by atoms with van der Waals surface area (Å²) < 4.78 is 10.9. The number of anilines is 2. The van der Waals surface area contributed by atoms with Crippen molar-refractivity contribution in [1.82, 2.24) is 5.32 Å². The van der Waals surface area contributed by atoms with Gasteiger partial charge in [0.2, 0.25) is 5.91 Å². The van der Waals surface area contributed by atoms with Gasteiger partial charge in [0.1, 0.15) is 24.8 Å². The van der Waals surface area contributed by atoms with Gasteiger partial charge in [-0.2, -0.15) is 0 Å². The number of carbonyl (C=O) groups excluding carboxylic acids is 4. The molecule has 9 heteroatoms. The van der Waals surface area contributed by atoms with E-state index in [1.54, 1.807) is 49.9 Å². The van der Waals surface area contributed by atoms with E-state index in [9.17, 15) is 19.2 Å². The van der Waals surface area contributed by atoms with Gasteiger partial charge in [0.05, 0.1) is 17.9 Å². The van der Waals surface area contributed by atoms with Gasteiger partial charge in [0.15, 0.2) is 0 Å². The number of rotatable bonds is 6. The molecule has 1 aliphatic heterocycles. The largest absolute Gasteiger partial charge is 0.459 e. The smallest absolute Gasteiger partial charge is 0.408 e. The van der Waals surface area contributed by atoms with E-state index in [0.29, 0.717) is 11.4 Å². The molecular formula is C30H37N3O6. The zero-order valence-electron chi connectivity index (χ0n) is 22.9. The Hall–Kier alpha value is -3.88. The third kappa shape index (κ3) is 7.37. The van der Waals surface area contributed by atoms with Crippen LogP contribution in [0.3, 0.4) is 0 Å². The van der Waals surface area contributed by atoms with Crippen LogP contribution in [0.25, 0.3) is 0 Å². The van der Waals surface area contributed by atoms with E-state index in [1.807, 2.05) is 30.3 Å². The summed E-state index contributed by atoms with van der Waals surface area (Å²) in [7, 11) is 0. The normalized spacial score (nSPS) is 18.1. The maximum absolute atomic E-state index is 13.9. The number of alkyl carbamates (subject to hydrolysis) is 1. The maximum atomic E-state index is 13.9. The Morgan fingerprint density at radius 3 is 2.23 bits per heavy atom. The van der Waals surface area contributed by atoms with Crippen LogP contribution in [0.1, 0.15) is 58.4 Å². The van der Waals surface area contributed by atoms with E-state index < -0.39 is 29.6 Å². The number of para-hydroxylation sites is 2.